The maximum atomic E-state index is 10.3. The van der Waals surface area contributed by atoms with Crippen molar-refractivity contribution in [1.29, 1.82) is 0 Å². The number of alkyl halides is 1. The molecule has 0 spiro atoms. The van der Waals surface area contributed by atoms with Gasteiger partial charge >= 0.3 is 5.97 Å². The molecule has 0 heterocycles. The first kappa shape index (κ1) is 42.8. The maximum absolute atomic E-state index is 10.3. The summed E-state index contributed by atoms with van der Waals surface area (Å²) in [5.74, 6) is -0.872. The summed E-state index contributed by atoms with van der Waals surface area (Å²) in [6.07, 6.45) is 4.96. The fourth-order valence-electron chi connectivity index (χ4n) is 3.11. The molecule has 258 valence electrons. The van der Waals surface area contributed by atoms with E-state index in [4.69, 9.17) is 57.2 Å². The average Bonchev–Trinajstić information content (AvgIpc) is 3.00. The molecule has 0 bridgehead atoms. The number of aliphatic carboxylic acids is 1. The Balaban J connectivity index is 3.03. The van der Waals surface area contributed by atoms with Crippen molar-refractivity contribution in [1.82, 2.24) is 0 Å². The molecule has 0 aliphatic rings. The van der Waals surface area contributed by atoms with Crippen LogP contribution in [0.1, 0.15) is 32.1 Å². The van der Waals surface area contributed by atoms with E-state index >= 15 is 0 Å². The van der Waals surface area contributed by atoms with Crippen LogP contribution in [-0.2, 0) is 56.9 Å². The first-order chi connectivity index (χ1) is 21.3. The van der Waals surface area contributed by atoms with Crippen LogP contribution in [0.4, 0.5) is 0 Å². The van der Waals surface area contributed by atoms with E-state index in [1.165, 1.54) is 23.7 Å². The van der Waals surface area contributed by atoms with Crippen LogP contribution in [0.15, 0.2) is 0 Å². The molecule has 0 unspecified atom stereocenters. The summed E-state index contributed by atoms with van der Waals surface area (Å²) in [5.41, 5.74) is 0. The van der Waals surface area contributed by atoms with Gasteiger partial charge in [-0.1, -0.05) is 35.4 Å². The first-order valence-corrected chi connectivity index (χ1v) is 16.9. The smallest absolute Gasteiger partial charge is 0.305 e. The Hall–Kier alpha value is -0.240. The maximum Gasteiger partial charge on any atom is 0.305 e. The zero-order valence-electron chi connectivity index (χ0n) is 26.0. The minimum absolute atomic E-state index is 0.000605. The normalized spacial score (nSPS) is 11.5. The van der Waals surface area contributed by atoms with Crippen molar-refractivity contribution in [2.45, 2.75) is 32.1 Å². The van der Waals surface area contributed by atoms with E-state index in [1.54, 1.807) is 0 Å². The third-order valence-electron chi connectivity index (χ3n) is 5.35. The molecular weight excluding hydrogens is 683 g/mol. The third-order valence-corrected chi connectivity index (χ3v) is 6.12. The Morgan fingerprint density at radius 3 is 0.837 bits per heavy atom. The predicted molar refractivity (Wildman–Crippen MR) is 169 cm³/mol. The fourth-order valence-corrected chi connectivity index (χ4v) is 3.65. The van der Waals surface area contributed by atoms with Crippen molar-refractivity contribution in [3.05, 3.63) is 0 Å². The monoisotopic (exact) mass is 740 g/mol. The lowest BCUT2D eigenvalue weighted by molar-refractivity contribution is -0.138. The Bertz CT molecular complexity index is 535. The largest absolute Gasteiger partial charge is 0.481 e. The lowest BCUT2D eigenvalue weighted by Gasteiger charge is -2.09. The van der Waals surface area contributed by atoms with Gasteiger partial charge in [-0.3, -0.25) is 4.79 Å². The zero-order valence-corrected chi connectivity index (χ0v) is 28.2. The van der Waals surface area contributed by atoms with Crippen LogP contribution in [0.3, 0.4) is 0 Å². The number of unbranched alkanes of at least 4 members (excludes halogenated alkanes) is 3. The molecule has 0 saturated heterocycles. The lowest BCUT2D eigenvalue weighted by Crippen LogP contribution is -2.15. The summed E-state index contributed by atoms with van der Waals surface area (Å²) in [4.78, 5) is 10.3. The van der Waals surface area contributed by atoms with Crippen molar-refractivity contribution >= 4 is 28.6 Å². The number of rotatable bonds is 39. The predicted octanol–water partition coefficient (Wildman–Crippen LogP) is 2.64. The molecular formula is C29H57IO13. The van der Waals surface area contributed by atoms with Gasteiger partial charge in [0.05, 0.1) is 145 Å². The van der Waals surface area contributed by atoms with E-state index in [-0.39, 0.29) is 13.0 Å². The molecule has 0 aromatic carbocycles. The number of hydrogen-bond acceptors (Lipinski definition) is 12. The van der Waals surface area contributed by atoms with Crippen molar-refractivity contribution in [3.8, 4) is 0 Å². The second kappa shape index (κ2) is 39.8. The molecule has 0 aromatic rings. The minimum Gasteiger partial charge on any atom is -0.481 e. The first-order valence-electron chi connectivity index (χ1n) is 15.4. The van der Waals surface area contributed by atoms with Crippen molar-refractivity contribution < 1.29 is 62.0 Å². The molecule has 0 aliphatic heterocycles. The highest BCUT2D eigenvalue weighted by Gasteiger charge is 1.98. The van der Waals surface area contributed by atoms with Crippen LogP contribution in [0.25, 0.3) is 0 Å². The van der Waals surface area contributed by atoms with Crippen molar-refractivity contribution in [3.63, 3.8) is 0 Å². The van der Waals surface area contributed by atoms with E-state index in [0.29, 0.717) is 132 Å². The summed E-state index contributed by atoms with van der Waals surface area (Å²) in [5, 5.41) is 8.48. The van der Waals surface area contributed by atoms with E-state index in [2.05, 4.69) is 22.6 Å². The SMILES string of the molecule is O=C(O)CCOCCOCCOCCOCCOCCOCCOCCOCCOCCOCCOCCCCCCI. The standard InChI is InChI=1S/C29H57IO13/c30-6-3-1-2-4-7-33-9-11-35-13-15-37-17-19-39-21-23-41-25-27-43-28-26-42-24-22-40-20-18-38-16-14-36-12-10-34-8-5-29(31)32/h1-28H2,(H,31,32). The summed E-state index contributed by atoms with van der Waals surface area (Å²) < 4.78 is 60.9. The summed E-state index contributed by atoms with van der Waals surface area (Å²) >= 11 is 2.42. The second-order valence-corrected chi connectivity index (χ2v) is 10.1. The van der Waals surface area contributed by atoms with Crippen LogP contribution < -0.4 is 0 Å². The molecule has 0 fully saturated rings. The summed E-state index contributed by atoms with van der Waals surface area (Å²) in [6.45, 7) is 11.1. The Morgan fingerprint density at radius 1 is 0.349 bits per heavy atom. The van der Waals surface area contributed by atoms with E-state index in [9.17, 15) is 4.79 Å². The van der Waals surface area contributed by atoms with E-state index < -0.39 is 5.97 Å². The van der Waals surface area contributed by atoms with Gasteiger partial charge < -0.3 is 57.2 Å². The highest BCUT2D eigenvalue weighted by molar-refractivity contribution is 14.1. The van der Waals surface area contributed by atoms with E-state index in [0.717, 1.165) is 13.0 Å². The Labute approximate surface area is 271 Å². The van der Waals surface area contributed by atoms with Crippen LogP contribution in [0.2, 0.25) is 0 Å². The number of carbonyl (C=O) groups is 1. The van der Waals surface area contributed by atoms with Gasteiger partial charge in [-0.2, -0.15) is 0 Å². The molecule has 0 aromatic heterocycles. The minimum atomic E-state index is -0.872. The molecule has 0 radical (unpaired) electrons. The van der Waals surface area contributed by atoms with Crippen LogP contribution >= 0.6 is 22.6 Å². The van der Waals surface area contributed by atoms with Gasteiger partial charge in [0.15, 0.2) is 0 Å². The number of hydrogen-bond donors (Lipinski definition) is 1. The highest BCUT2D eigenvalue weighted by atomic mass is 127. The van der Waals surface area contributed by atoms with Crippen LogP contribution in [-0.4, -0.2) is 161 Å². The Kier molecular flexibility index (Phi) is 39.6. The molecule has 0 saturated carbocycles. The third kappa shape index (κ3) is 41.8. The number of halogens is 1. The molecule has 0 amide bonds. The van der Waals surface area contributed by atoms with Crippen molar-refractivity contribution in [2.24, 2.45) is 0 Å². The van der Waals surface area contributed by atoms with Gasteiger partial charge in [-0.25, -0.2) is 0 Å². The van der Waals surface area contributed by atoms with Gasteiger partial charge in [0, 0.05) is 6.61 Å². The molecule has 14 heteroatoms. The highest BCUT2D eigenvalue weighted by Crippen LogP contribution is 2.02. The molecule has 0 aliphatic carbocycles. The fraction of sp³-hybridized carbons (Fsp3) is 0.966. The Morgan fingerprint density at radius 2 is 0.581 bits per heavy atom. The summed E-state index contributed by atoms with van der Waals surface area (Å²) in [7, 11) is 0. The van der Waals surface area contributed by atoms with Crippen molar-refractivity contribution in [2.75, 3.05) is 150 Å². The molecule has 0 rings (SSSR count). The van der Waals surface area contributed by atoms with Gasteiger partial charge in [-0.05, 0) is 17.3 Å². The van der Waals surface area contributed by atoms with Gasteiger partial charge in [0.1, 0.15) is 0 Å². The average molecular weight is 741 g/mol. The molecule has 43 heavy (non-hydrogen) atoms. The van der Waals surface area contributed by atoms with Gasteiger partial charge in [-0.15, -0.1) is 0 Å². The van der Waals surface area contributed by atoms with Gasteiger partial charge in [0.2, 0.25) is 0 Å². The molecule has 0 atom stereocenters. The quantitative estimate of drug-likeness (QED) is 0.0562. The second-order valence-electron chi connectivity index (χ2n) is 8.98. The van der Waals surface area contributed by atoms with Gasteiger partial charge in [0.25, 0.3) is 0 Å². The molecule has 1 N–H and O–H groups in total. The number of ether oxygens (including phenoxy) is 11. The summed E-state index contributed by atoms with van der Waals surface area (Å²) in [6, 6.07) is 0. The van der Waals surface area contributed by atoms with Crippen LogP contribution in [0, 0.1) is 0 Å². The topological polar surface area (TPSA) is 139 Å². The van der Waals surface area contributed by atoms with Crippen LogP contribution in [0.5, 0.6) is 0 Å². The number of carboxylic acids is 1. The molecule has 13 nitrogen and oxygen atoms in total. The zero-order chi connectivity index (χ0) is 31.2. The lowest BCUT2D eigenvalue weighted by atomic mass is 10.2. The van der Waals surface area contributed by atoms with E-state index in [1.807, 2.05) is 0 Å². The number of carboxylic acid groups (broad SMARTS) is 1.